The number of nitro groups is 1. The lowest BCUT2D eigenvalue weighted by Crippen LogP contribution is -2.44. The van der Waals surface area contributed by atoms with Crippen molar-refractivity contribution in [1.29, 1.82) is 0 Å². The van der Waals surface area contributed by atoms with Crippen molar-refractivity contribution in [3.05, 3.63) is 22.0 Å². The quantitative estimate of drug-likeness (QED) is 0.325. The van der Waals surface area contributed by atoms with E-state index in [0.717, 1.165) is 19.0 Å². The van der Waals surface area contributed by atoms with Gasteiger partial charge in [-0.15, -0.1) is 0 Å². The molecule has 0 aromatic carbocycles. The van der Waals surface area contributed by atoms with Gasteiger partial charge in [-0.25, -0.2) is 0 Å². The zero-order valence-electron chi connectivity index (χ0n) is 12.5. The third-order valence-corrected chi connectivity index (χ3v) is 4.47. The molecule has 1 saturated carbocycles. The van der Waals surface area contributed by atoms with E-state index in [9.17, 15) is 10.1 Å². The van der Waals surface area contributed by atoms with Gasteiger partial charge in [-0.3, -0.25) is 15.1 Å². The number of hydrogen-bond donors (Lipinski definition) is 2. The first-order chi connectivity index (χ1) is 9.99. The van der Waals surface area contributed by atoms with Crippen molar-refractivity contribution >= 4 is 5.84 Å². The van der Waals surface area contributed by atoms with Crippen molar-refractivity contribution in [2.45, 2.75) is 31.4 Å². The maximum absolute atomic E-state index is 11.1. The highest BCUT2D eigenvalue weighted by Gasteiger charge is 2.54. The topological polar surface area (TPSA) is 120 Å². The molecule has 1 spiro atoms. The van der Waals surface area contributed by atoms with Gasteiger partial charge in [0.25, 0.3) is 0 Å². The summed E-state index contributed by atoms with van der Waals surface area (Å²) in [5.41, 5.74) is 11.4. The molecule has 1 saturated heterocycles. The maximum atomic E-state index is 11.1. The van der Waals surface area contributed by atoms with E-state index < -0.39 is 4.92 Å². The van der Waals surface area contributed by atoms with Crippen molar-refractivity contribution in [2.75, 3.05) is 27.2 Å². The molecule has 0 aromatic rings. The van der Waals surface area contributed by atoms with Gasteiger partial charge in [0.1, 0.15) is 0 Å². The van der Waals surface area contributed by atoms with Gasteiger partial charge in [0, 0.05) is 38.7 Å². The average Bonchev–Trinajstić information content (AvgIpc) is 3.23. The summed E-state index contributed by atoms with van der Waals surface area (Å²) in [7, 11) is 3.22. The van der Waals surface area contributed by atoms with Gasteiger partial charge in [-0.1, -0.05) is 0 Å². The Morgan fingerprint density at radius 1 is 1.57 bits per heavy atom. The van der Waals surface area contributed by atoms with Crippen LogP contribution in [0.2, 0.25) is 0 Å². The van der Waals surface area contributed by atoms with Crippen LogP contribution in [0.3, 0.4) is 0 Å². The molecule has 2 unspecified atom stereocenters. The molecule has 2 atom stereocenters. The Bertz CT molecular complexity index is 472. The summed E-state index contributed by atoms with van der Waals surface area (Å²) in [6, 6.07) is -0.0680. The smallest absolute Gasteiger partial charge is 0.326 e. The van der Waals surface area contributed by atoms with E-state index in [1.54, 1.807) is 14.2 Å². The standard InChI is InChI=1S/C13H23N5O3/c1-16-12(10(7-14)18(19)20)17-6-3-9(15)11(21-2)13(8-17)4-5-13/h7,9,11H,3-6,8,14-15H2,1-2H3/b10-7+,16-12?. The fourth-order valence-electron chi connectivity index (χ4n) is 3.30. The second-order valence-corrected chi connectivity index (χ2v) is 5.75. The number of amidine groups is 1. The van der Waals surface area contributed by atoms with E-state index in [1.807, 2.05) is 4.90 Å². The molecule has 0 amide bonds. The van der Waals surface area contributed by atoms with Crippen LogP contribution in [0.15, 0.2) is 16.9 Å². The SMILES string of the molecule is CN=C(/C(=C\N)[N+](=O)[O-])N1CCC(N)C(OC)C2(CC2)C1. The summed E-state index contributed by atoms with van der Waals surface area (Å²) in [6.45, 7) is 1.28. The van der Waals surface area contributed by atoms with E-state index in [1.165, 1.54) is 0 Å². The summed E-state index contributed by atoms with van der Waals surface area (Å²) < 4.78 is 5.59. The molecule has 4 N–H and O–H groups in total. The first-order valence-corrected chi connectivity index (χ1v) is 7.06. The van der Waals surface area contributed by atoms with Crippen LogP contribution in [0, 0.1) is 15.5 Å². The zero-order chi connectivity index (χ0) is 15.6. The van der Waals surface area contributed by atoms with Crippen LogP contribution in [0.25, 0.3) is 0 Å². The third kappa shape index (κ3) is 2.86. The van der Waals surface area contributed by atoms with E-state index in [-0.39, 0.29) is 23.3 Å². The Labute approximate surface area is 124 Å². The van der Waals surface area contributed by atoms with E-state index in [0.29, 0.717) is 25.3 Å². The number of aliphatic imine (C=N–C) groups is 1. The highest BCUT2D eigenvalue weighted by Crippen LogP contribution is 2.52. The number of nitrogens with two attached hydrogens (primary N) is 2. The number of rotatable bonds is 3. The summed E-state index contributed by atoms with van der Waals surface area (Å²) in [5, 5.41) is 11.1. The lowest BCUT2D eigenvalue weighted by atomic mass is 9.93. The predicted molar refractivity (Wildman–Crippen MR) is 79.3 cm³/mol. The fraction of sp³-hybridized carbons (Fsp3) is 0.769. The minimum atomic E-state index is -0.499. The van der Waals surface area contributed by atoms with Crippen molar-refractivity contribution < 1.29 is 9.66 Å². The summed E-state index contributed by atoms with van der Waals surface area (Å²) in [6.07, 6.45) is 3.73. The van der Waals surface area contributed by atoms with Crippen molar-refractivity contribution in [2.24, 2.45) is 21.9 Å². The van der Waals surface area contributed by atoms with Gasteiger partial charge in [-0.05, 0) is 19.3 Å². The van der Waals surface area contributed by atoms with Crippen LogP contribution in [-0.4, -0.2) is 55.1 Å². The highest BCUT2D eigenvalue weighted by molar-refractivity contribution is 5.96. The van der Waals surface area contributed by atoms with Crippen LogP contribution in [-0.2, 0) is 4.74 Å². The molecule has 1 aliphatic carbocycles. The Kier molecular flexibility index (Phi) is 4.48. The van der Waals surface area contributed by atoms with E-state index >= 15 is 0 Å². The van der Waals surface area contributed by atoms with Crippen molar-refractivity contribution in [3.8, 4) is 0 Å². The molecule has 1 aliphatic heterocycles. The monoisotopic (exact) mass is 297 g/mol. The molecule has 0 bridgehead atoms. The molecule has 2 rings (SSSR count). The predicted octanol–water partition coefficient (Wildman–Crippen LogP) is -0.0803. The largest absolute Gasteiger partial charge is 0.399 e. The van der Waals surface area contributed by atoms with Gasteiger partial charge in [-0.2, -0.15) is 0 Å². The average molecular weight is 297 g/mol. The lowest BCUT2D eigenvalue weighted by molar-refractivity contribution is -0.416. The molecule has 0 radical (unpaired) electrons. The minimum Gasteiger partial charge on any atom is -0.399 e. The van der Waals surface area contributed by atoms with Crippen LogP contribution < -0.4 is 11.5 Å². The number of likely N-dealkylation sites (tertiary alicyclic amines) is 1. The minimum absolute atomic E-state index is 0.0125. The first-order valence-electron chi connectivity index (χ1n) is 7.06. The molecule has 8 heteroatoms. The Morgan fingerprint density at radius 3 is 2.67 bits per heavy atom. The number of hydrogen-bond acceptors (Lipinski definition) is 6. The molecule has 2 aliphatic rings. The molecule has 1 heterocycles. The van der Waals surface area contributed by atoms with Crippen LogP contribution in [0.5, 0.6) is 0 Å². The van der Waals surface area contributed by atoms with E-state index in [2.05, 4.69) is 4.99 Å². The molecule has 21 heavy (non-hydrogen) atoms. The van der Waals surface area contributed by atoms with Gasteiger partial charge in [0.2, 0.25) is 5.84 Å². The summed E-state index contributed by atoms with van der Waals surface area (Å²) in [4.78, 5) is 16.6. The Morgan fingerprint density at radius 2 is 2.24 bits per heavy atom. The Hall–Kier alpha value is -1.67. The maximum Gasteiger partial charge on any atom is 0.326 e. The normalized spacial score (nSPS) is 29.4. The lowest BCUT2D eigenvalue weighted by Gasteiger charge is -2.30. The molecular formula is C13H23N5O3. The number of methoxy groups -OCH3 is 1. The van der Waals surface area contributed by atoms with E-state index in [4.69, 9.17) is 16.2 Å². The van der Waals surface area contributed by atoms with Crippen LogP contribution >= 0.6 is 0 Å². The third-order valence-electron chi connectivity index (χ3n) is 4.47. The second kappa shape index (κ2) is 5.98. The fourth-order valence-corrected chi connectivity index (χ4v) is 3.30. The number of nitrogens with zero attached hydrogens (tertiary/aromatic N) is 3. The van der Waals surface area contributed by atoms with Gasteiger partial charge in [0.05, 0.1) is 17.2 Å². The molecular weight excluding hydrogens is 274 g/mol. The number of ether oxygens (including phenoxy) is 1. The summed E-state index contributed by atoms with van der Waals surface area (Å²) >= 11 is 0. The Balaban J connectivity index is 2.26. The zero-order valence-corrected chi connectivity index (χ0v) is 12.5. The molecule has 0 aromatic heterocycles. The highest BCUT2D eigenvalue weighted by atomic mass is 16.6. The molecule has 118 valence electrons. The van der Waals surface area contributed by atoms with Crippen molar-refractivity contribution in [3.63, 3.8) is 0 Å². The van der Waals surface area contributed by atoms with Gasteiger partial charge < -0.3 is 21.1 Å². The van der Waals surface area contributed by atoms with Gasteiger partial charge in [0.15, 0.2) is 0 Å². The molecule has 2 fully saturated rings. The molecule has 8 nitrogen and oxygen atoms in total. The van der Waals surface area contributed by atoms with Gasteiger partial charge >= 0.3 is 5.70 Å². The van der Waals surface area contributed by atoms with Crippen LogP contribution in [0.1, 0.15) is 19.3 Å². The van der Waals surface area contributed by atoms with Crippen molar-refractivity contribution in [1.82, 2.24) is 4.90 Å². The first kappa shape index (κ1) is 15.7. The summed E-state index contributed by atoms with van der Waals surface area (Å²) in [5.74, 6) is 0.317. The second-order valence-electron chi connectivity index (χ2n) is 5.75. The van der Waals surface area contributed by atoms with Crippen LogP contribution in [0.4, 0.5) is 0 Å².